The van der Waals surface area contributed by atoms with Crippen LogP contribution >= 0.6 is 12.6 Å². The summed E-state index contributed by atoms with van der Waals surface area (Å²) in [6.45, 7) is 3.53. The fourth-order valence-electron chi connectivity index (χ4n) is 1.23. The van der Waals surface area contributed by atoms with Gasteiger partial charge in [-0.25, -0.2) is 0 Å². The number of nitrogens with two attached hydrogens (primary N) is 1. The number of carbonyl (C=O) groups excluding carboxylic acids is 1. The van der Waals surface area contributed by atoms with Crippen LogP contribution in [0.1, 0.15) is 12.8 Å². The molecule has 0 aliphatic carbocycles. The van der Waals surface area contributed by atoms with Gasteiger partial charge in [-0.3, -0.25) is 0 Å². The van der Waals surface area contributed by atoms with Crippen LogP contribution in [0.15, 0.2) is 12.7 Å². The molecule has 0 saturated carbocycles. The number of nitrogens with zero attached hydrogens (tertiary/aromatic N) is 1. The van der Waals surface area contributed by atoms with Crippen molar-refractivity contribution in [1.82, 2.24) is 3.92 Å². The van der Waals surface area contributed by atoms with Gasteiger partial charge in [-0.2, -0.15) is 0 Å². The molecule has 0 aliphatic heterocycles. The van der Waals surface area contributed by atoms with E-state index in [-0.39, 0.29) is 18.6 Å². The molecule has 7 nitrogen and oxygen atoms in total. The number of amides is 1. The number of carbonyl (C=O) groups is 3. The SMILES string of the molecule is C=CC[Se]N(C(=O)CCC(N)C(=O)O)C(CS)C(=O)O. The molecular formula is C11H18N2O5SSe. The maximum absolute atomic E-state index is 12.0. The first-order valence-corrected chi connectivity index (χ1v) is 8.34. The molecule has 0 radical (unpaired) electrons. The molecule has 1 amide bonds. The average Bonchev–Trinajstić information content (AvgIpc) is 2.39. The monoisotopic (exact) mass is 370 g/mol. The van der Waals surface area contributed by atoms with E-state index >= 15 is 0 Å². The van der Waals surface area contributed by atoms with Gasteiger partial charge in [0.05, 0.1) is 0 Å². The molecule has 0 fully saturated rings. The summed E-state index contributed by atoms with van der Waals surface area (Å²) >= 11 is 3.54. The molecule has 0 aliphatic rings. The van der Waals surface area contributed by atoms with Gasteiger partial charge in [-0.05, 0) is 0 Å². The third kappa shape index (κ3) is 6.42. The molecule has 2 unspecified atom stereocenters. The predicted octanol–water partition coefficient (Wildman–Crippen LogP) is -0.386. The van der Waals surface area contributed by atoms with Gasteiger partial charge in [0.2, 0.25) is 0 Å². The Morgan fingerprint density at radius 2 is 1.95 bits per heavy atom. The Bertz CT molecular complexity index is 380. The van der Waals surface area contributed by atoms with Crippen LogP contribution in [0.4, 0.5) is 0 Å². The fourth-order valence-corrected chi connectivity index (χ4v) is 3.58. The van der Waals surface area contributed by atoms with Crippen LogP contribution in [0.25, 0.3) is 0 Å². The van der Waals surface area contributed by atoms with Gasteiger partial charge >= 0.3 is 129 Å². The fraction of sp³-hybridized carbons (Fsp3) is 0.545. The molecule has 0 saturated heterocycles. The molecular weight excluding hydrogens is 351 g/mol. The van der Waals surface area contributed by atoms with Crippen LogP contribution in [0.3, 0.4) is 0 Å². The molecule has 2 atom stereocenters. The van der Waals surface area contributed by atoms with Gasteiger partial charge in [-0.1, -0.05) is 0 Å². The van der Waals surface area contributed by atoms with Crippen molar-refractivity contribution in [2.75, 3.05) is 5.75 Å². The quantitative estimate of drug-likeness (QED) is 0.237. The number of allylic oxidation sites excluding steroid dienone is 1. The number of carboxylic acids is 2. The van der Waals surface area contributed by atoms with Crippen LogP contribution in [-0.2, 0) is 14.4 Å². The van der Waals surface area contributed by atoms with Crippen LogP contribution in [0.2, 0.25) is 5.32 Å². The summed E-state index contributed by atoms with van der Waals surface area (Å²) in [6.07, 6.45) is 1.46. The van der Waals surface area contributed by atoms with Crippen molar-refractivity contribution in [2.45, 2.75) is 30.2 Å². The average molecular weight is 369 g/mol. The van der Waals surface area contributed by atoms with E-state index in [4.69, 9.17) is 15.9 Å². The van der Waals surface area contributed by atoms with Crippen molar-refractivity contribution < 1.29 is 24.6 Å². The minimum absolute atomic E-state index is 0.00898. The number of carboxylic acid groups (broad SMARTS) is 2. The molecule has 0 rings (SSSR count). The standard InChI is InChI=1S/C11H18N2O5SSe/c1-2-5-20-13(8(6-19)11(17)18)9(14)4-3-7(12)10(15)16/h2,7-8,19H,1,3-6,12H2,(H,15,16)(H,17,18). The Labute approximate surface area is 129 Å². The summed E-state index contributed by atoms with van der Waals surface area (Å²) in [6, 6.07) is -2.15. The maximum atomic E-state index is 12.0. The third-order valence-corrected chi connectivity index (χ3v) is 5.00. The Hall–Kier alpha value is -1.02. The second kappa shape index (κ2) is 9.82. The number of hydrogen-bond donors (Lipinski definition) is 4. The van der Waals surface area contributed by atoms with Crippen molar-refractivity contribution in [3.63, 3.8) is 0 Å². The number of aliphatic carboxylic acids is 2. The van der Waals surface area contributed by atoms with Crippen LogP contribution in [-0.4, -0.2) is 65.0 Å². The summed E-state index contributed by atoms with van der Waals surface area (Å²) < 4.78 is 1.23. The zero-order valence-electron chi connectivity index (χ0n) is 10.8. The van der Waals surface area contributed by atoms with Crippen LogP contribution in [0.5, 0.6) is 0 Å². The van der Waals surface area contributed by atoms with Crippen molar-refractivity contribution in [3.05, 3.63) is 12.7 Å². The number of thiol groups is 1. The van der Waals surface area contributed by atoms with Crippen molar-refractivity contribution in [2.24, 2.45) is 5.73 Å². The topological polar surface area (TPSA) is 121 Å². The molecule has 20 heavy (non-hydrogen) atoms. The van der Waals surface area contributed by atoms with Crippen molar-refractivity contribution >= 4 is 45.6 Å². The molecule has 0 heterocycles. The summed E-state index contributed by atoms with van der Waals surface area (Å²) in [5.74, 6) is -2.76. The van der Waals surface area contributed by atoms with Crippen LogP contribution in [0, 0.1) is 0 Å². The molecule has 0 bridgehead atoms. The molecule has 0 spiro atoms. The molecule has 0 aromatic rings. The Morgan fingerprint density at radius 3 is 2.35 bits per heavy atom. The zero-order valence-corrected chi connectivity index (χ0v) is 13.4. The van der Waals surface area contributed by atoms with Gasteiger partial charge in [0, 0.05) is 0 Å². The second-order valence-electron chi connectivity index (χ2n) is 3.82. The van der Waals surface area contributed by atoms with Gasteiger partial charge in [0.15, 0.2) is 0 Å². The zero-order chi connectivity index (χ0) is 15.7. The summed E-state index contributed by atoms with van der Waals surface area (Å²) in [7, 11) is 0. The first kappa shape index (κ1) is 19.0. The summed E-state index contributed by atoms with van der Waals surface area (Å²) in [5, 5.41) is 18.2. The van der Waals surface area contributed by atoms with Gasteiger partial charge < -0.3 is 0 Å². The van der Waals surface area contributed by atoms with Gasteiger partial charge in [0.1, 0.15) is 0 Å². The summed E-state index contributed by atoms with van der Waals surface area (Å²) in [4.78, 5) is 33.7. The Kier molecular flexibility index (Phi) is 9.32. The molecule has 0 aromatic heterocycles. The van der Waals surface area contributed by atoms with E-state index in [9.17, 15) is 14.4 Å². The van der Waals surface area contributed by atoms with E-state index in [1.165, 1.54) is 3.92 Å². The van der Waals surface area contributed by atoms with Crippen LogP contribution < -0.4 is 5.73 Å². The molecule has 9 heteroatoms. The molecule has 4 N–H and O–H groups in total. The first-order chi connectivity index (χ1) is 9.34. The predicted molar refractivity (Wildman–Crippen MR) is 77.7 cm³/mol. The number of rotatable bonds is 10. The van der Waals surface area contributed by atoms with Gasteiger partial charge in [-0.15, -0.1) is 0 Å². The minimum atomic E-state index is -1.19. The third-order valence-electron chi connectivity index (χ3n) is 2.30. The molecule has 114 valence electrons. The van der Waals surface area contributed by atoms with E-state index in [1.807, 2.05) is 0 Å². The van der Waals surface area contributed by atoms with Crippen molar-refractivity contribution in [1.29, 1.82) is 0 Å². The molecule has 0 aromatic carbocycles. The van der Waals surface area contributed by atoms with E-state index in [0.29, 0.717) is 5.32 Å². The summed E-state index contributed by atoms with van der Waals surface area (Å²) in [5.41, 5.74) is 5.32. The van der Waals surface area contributed by atoms with E-state index < -0.39 is 45.1 Å². The normalized spacial score (nSPS) is 13.3. The Morgan fingerprint density at radius 1 is 1.35 bits per heavy atom. The van der Waals surface area contributed by atoms with E-state index in [0.717, 1.165) is 0 Å². The van der Waals surface area contributed by atoms with E-state index in [2.05, 4.69) is 19.2 Å². The van der Waals surface area contributed by atoms with E-state index in [1.54, 1.807) is 6.08 Å². The van der Waals surface area contributed by atoms with Gasteiger partial charge in [0.25, 0.3) is 0 Å². The second-order valence-corrected chi connectivity index (χ2v) is 6.26. The number of hydrogen-bond acceptors (Lipinski definition) is 5. The Balaban J connectivity index is 4.75. The van der Waals surface area contributed by atoms with Crippen molar-refractivity contribution in [3.8, 4) is 0 Å². The first-order valence-electron chi connectivity index (χ1n) is 5.73.